The molecule has 0 saturated carbocycles. The third-order valence-electron chi connectivity index (χ3n) is 4.60. The molecule has 100 valence electrons. The Morgan fingerprint density at radius 3 is 2.61 bits per heavy atom. The highest BCUT2D eigenvalue weighted by Gasteiger charge is 2.29. The minimum absolute atomic E-state index is 0.517. The van der Waals surface area contributed by atoms with Crippen molar-refractivity contribution >= 4 is 5.82 Å². The third kappa shape index (κ3) is 2.51. The van der Waals surface area contributed by atoms with Crippen LogP contribution in [-0.2, 0) is 6.54 Å². The second kappa shape index (κ2) is 5.27. The van der Waals surface area contributed by atoms with Crippen molar-refractivity contribution in [2.75, 3.05) is 18.0 Å². The maximum atomic E-state index is 5.87. The van der Waals surface area contributed by atoms with Crippen LogP contribution < -0.4 is 10.6 Å². The lowest BCUT2D eigenvalue weighted by Crippen LogP contribution is -2.39. The lowest BCUT2D eigenvalue weighted by atomic mass is 9.78. The SMILES string of the molecule is CCC1(C)CCN(c2nccc(C)c2CN)CC1. The molecule has 0 bridgehead atoms. The summed E-state index contributed by atoms with van der Waals surface area (Å²) in [6, 6.07) is 2.05. The smallest absolute Gasteiger partial charge is 0.133 e. The van der Waals surface area contributed by atoms with Crippen LogP contribution in [0.25, 0.3) is 0 Å². The van der Waals surface area contributed by atoms with Crippen LogP contribution in [-0.4, -0.2) is 18.1 Å². The van der Waals surface area contributed by atoms with Gasteiger partial charge in [0.05, 0.1) is 0 Å². The number of hydrogen-bond donors (Lipinski definition) is 1. The number of anilines is 1. The molecule has 0 atom stereocenters. The van der Waals surface area contributed by atoms with E-state index < -0.39 is 0 Å². The van der Waals surface area contributed by atoms with Crippen LogP contribution in [0.4, 0.5) is 5.82 Å². The standard InChI is InChI=1S/C15H25N3/c1-4-15(3)6-9-18(10-7-15)14-13(11-16)12(2)5-8-17-14/h5,8H,4,6-7,9-11,16H2,1-3H3. The molecule has 0 unspecified atom stereocenters. The number of aryl methyl sites for hydroxylation is 1. The summed E-state index contributed by atoms with van der Waals surface area (Å²) in [4.78, 5) is 6.96. The monoisotopic (exact) mass is 247 g/mol. The van der Waals surface area contributed by atoms with Crippen molar-refractivity contribution in [3.63, 3.8) is 0 Å². The molecule has 2 N–H and O–H groups in total. The fourth-order valence-corrected chi connectivity index (χ4v) is 2.71. The van der Waals surface area contributed by atoms with Crippen molar-refractivity contribution in [2.24, 2.45) is 11.1 Å². The van der Waals surface area contributed by atoms with Gasteiger partial charge in [0.25, 0.3) is 0 Å². The lowest BCUT2D eigenvalue weighted by Gasteiger charge is -2.40. The van der Waals surface area contributed by atoms with Crippen LogP contribution in [0.5, 0.6) is 0 Å². The number of hydrogen-bond acceptors (Lipinski definition) is 3. The number of rotatable bonds is 3. The number of nitrogens with two attached hydrogens (primary N) is 1. The minimum Gasteiger partial charge on any atom is -0.356 e. The second-order valence-electron chi connectivity index (χ2n) is 5.79. The van der Waals surface area contributed by atoms with Gasteiger partial charge in [-0.2, -0.15) is 0 Å². The summed E-state index contributed by atoms with van der Waals surface area (Å²) in [7, 11) is 0. The lowest BCUT2D eigenvalue weighted by molar-refractivity contribution is 0.237. The Bertz CT molecular complexity index is 406. The van der Waals surface area contributed by atoms with Gasteiger partial charge in [-0.05, 0) is 36.8 Å². The van der Waals surface area contributed by atoms with Gasteiger partial charge in [0.1, 0.15) is 5.82 Å². The van der Waals surface area contributed by atoms with Crippen LogP contribution in [0, 0.1) is 12.3 Å². The summed E-state index contributed by atoms with van der Waals surface area (Å²) in [5.41, 5.74) is 8.85. The first kappa shape index (κ1) is 13.3. The third-order valence-corrected chi connectivity index (χ3v) is 4.60. The topological polar surface area (TPSA) is 42.2 Å². The van der Waals surface area contributed by atoms with Crippen LogP contribution in [0.2, 0.25) is 0 Å². The van der Waals surface area contributed by atoms with Gasteiger partial charge in [-0.15, -0.1) is 0 Å². The molecule has 1 aromatic heterocycles. The Morgan fingerprint density at radius 2 is 2.06 bits per heavy atom. The Labute approximate surface area is 110 Å². The first-order chi connectivity index (χ1) is 8.59. The van der Waals surface area contributed by atoms with Gasteiger partial charge in [-0.1, -0.05) is 20.3 Å². The summed E-state index contributed by atoms with van der Waals surface area (Å²) >= 11 is 0. The molecule has 3 heteroatoms. The van der Waals surface area contributed by atoms with Crippen molar-refractivity contribution < 1.29 is 0 Å². The highest BCUT2D eigenvalue weighted by atomic mass is 15.2. The minimum atomic E-state index is 0.517. The zero-order valence-corrected chi connectivity index (χ0v) is 11.9. The quantitative estimate of drug-likeness (QED) is 0.893. The largest absolute Gasteiger partial charge is 0.356 e. The zero-order chi connectivity index (χ0) is 13.2. The molecule has 0 radical (unpaired) electrons. The summed E-state index contributed by atoms with van der Waals surface area (Å²) in [6.07, 6.45) is 5.68. The molecule has 1 aliphatic rings. The van der Waals surface area contributed by atoms with Gasteiger partial charge < -0.3 is 10.6 Å². The first-order valence-corrected chi connectivity index (χ1v) is 6.99. The van der Waals surface area contributed by atoms with Crippen molar-refractivity contribution in [2.45, 2.75) is 46.6 Å². The molecule has 1 fully saturated rings. The molecule has 2 rings (SSSR count). The van der Waals surface area contributed by atoms with E-state index in [1.807, 2.05) is 12.3 Å². The Morgan fingerprint density at radius 1 is 1.39 bits per heavy atom. The zero-order valence-electron chi connectivity index (χ0n) is 11.9. The van der Waals surface area contributed by atoms with Crippen LogP contribution >= 0.6 is 0 Å². The summed E-state index contributed by atoms with van der Waals surface area (Å²) in [5, 5.41) is 0. The van der Waals surface area contributed by atoms with Gasteiger partial charge >= 0.3 is 0 Å². The number of aromatic nitrogens is 1. The van der Waals surface area contributed by atoms with E-state index >= 15 is 0 Å². The highest BCUT2D eigenvalue weighted by molar-refractivity contribution is 5.50. The molecular weight excluding hydrogens is 222 g/mol. The number of nitrogens with zero attached hydrogens (tertiary/aromatic N) is 2. The van der Waals surface area contributed by atoms with Crippen molar-refractivity contribution in [1.82, 2.24) is 4.98 Å². The first-order valence-electron chi connectivity index (χ1n) is 6.99. The molecule has 18 heavy (non-hydrogen) atoms. The molecular formula is C15H25N3. The number of pyridine rings is 1. The van der Waals surface area contributed by atoms with Crippen LogP contribution in [0.15, 0.2) is 12.3 Å². The van der Waals surface area contributed by atoms with E-state index in [4.69, 9.17) is 5.73 Å². The molecule has 0 aromatic carbocycles. The average Bonchev–Trinajstić information content (AvgIpc) is 2.39. The predicted octanol–water partition coefficient (Wildman–Crippen LogP) is 2.87. The fourth-order valence-electron chi connectivity index (χ4n) is 2.71. The van der Waals surface area contributed by atoms with Crippen molar-refractivity contribution in [3.8, 4) is 0 Å². The van der Waals surface area contributed by atoms with E-state index in [0.717, 1.165) is 18.9 Å². The molecule has 0 aliphatic carbocycles. The molecule has 0 spiro atoms. The molecule has 1 aromatic rings. The Kier molecular flexibility index (Phi) is 3.91. The molecule has 1 saturated heterocycles. The van der Waals surface area contributed by atoms with E-state index in [-0.39, 0.29) is 0 Å². The van der Waals surface area contributed by atoms with Gasteiger partial charge in [0.15, 0.2) is 0 Å². The molecule has 1 aliphatic heterocycles. The van der Waals surface area contributed by atoms with E-state index in [1.165, 1.54) is 30.4 Å². The Hall–Kier alpha value is -1.09. The van der Waals surface area contributed by atoms with Gasteiger partial charge in [0, 0.05) is 31.4 Å². The maximum absolute atomic E-state index is 5.87. The average molecular weight is 247 g/mol. The van der Waals surface area contributed by atoms with E-state index in [1.54, 1.807) is 0 Å². The predicted molar refractivity (Wildman–Crippen MR) is 76.7 cm³/mol. The van der Waals surface area contributed by atoms with Gasteiger partial charge in [-0.3, -0.25) is 0 Å². The maximum Gasteiger partial charge on any atom is 0.133 e. The Balaban J connectivity index is 2.17. The highest BCUT2D eigenvalue weighted by Crippen LogP contribution is 2.36. The summed E-state index contributed by atoms with van der Waals surface area (Å²) in [5.74, 6) is 1.11. The number of piperidine rings is 1. The van der Waals surface area contributed by atoms with Gasteiger partial charge in [-0.25, -0.2) is 4.98 Å². The van der Waals surface area contributed by atoms with Crippen LogP contribution in [0.3, 0.4) is 0 Å². The van der Waals surface area contributed by atoms with E-state index in [9.17, 15) is 0 Å². The summed E-state index contributed by atoms with van der Waals surface area (Å²) < 4.78 is 0. The second-order valence-corrected chi connectivity index (χ2v) is 5.79. The molecule has 3 nitrogen and oxygen atoms in total. The fraction of sp³-hybridized carbons (Fsp3) is 0.667. The molecule has 0 amide bonds. The van der Waals surface area contributed by atoms with Gasteiger partial charge in [0.2, 0.25) is 0 Å². The van der Waals surface area contributed by atoms with E-state index in [2.05, 4.69) is 30.7 Å². The van der Waals surface area contributed by atoms with Crippen molar-refractivity contribution in [3.05, 3.63) is 23.4 Å². The van der Waals surface area contributed by atoms with Crippen LogP contribution in [0.1, 0.15) is 44.2 Å². The molecule has 2 heterocycles. The normalized spacial score (nSPS) is 19.0. The summed E-state index contributed by atoms with van der Waals surface area (Å²) in [6.45, 7) is 9.61. The van der Waals surface area contributed by atoms with E-state index in [0.29, 0.717) is 12.0 Å². The van der Waals surface area contributed by atoms with Crippen molar-refractivity contribution in [1.29, 1.82) is 0 Å².